The Kier molecular flexibility index (Phi) is 11.0. The molecule has 0 aliphatic carbocycles. The van der Waals surface area contributed by atoms with E-state index in [1.807, 2.05) is 0 Å². The van der Waals surface area contributed by atoms with Gasteiger partial charge in [0.25, 0.3) is 0 Å². The number of rotatable bonds is 6. The third kappa shape index (κ3) is 8.67. The van der Waals surface area contributed by atoms with Gasteiger partial charge < -0.3 is 34.8 Å². The Morgan fingerprint density at radius 1 is 0.571 bits per heavy atom. The molecule has 0 saturated carbocycles. The van der Waals surface area contributed by atoms with Crippen molar-refractivity contribution < 1.29 is 34.8 Å². The maximum atomic E-state index is 9.21. The van der Waals surface area contributed by atoms with Crippen molar-refractivity contribution in [2.75, 3.05) is 91.9 Å². The number of hydrogen-bond acceptors (Lipinski definition) is 4. The molecule has 0 bridgehead atoms. The lowest BCUT2D eigenvalue weighted by molar-refractivity contribution is -0.982. The van der Waals surface area contributed by atoms with Crippen LogP contribution in [0.15, 0.2) is 0 Å². The minimum absolute atomic E-state index is 0.207. The van der Waals surface area contributed by atoms with Crippen LogP contribution in [-0.2, 0) is 4.74 Å². The van der Waals surface area contributed by atoms with Crippen LogP contribution in [0.3, 0.4) is 0 Å². The van der Waals surface area contributed by atoms with Crippen molar-refractivity contribution in [2.45, 2.75) is 0 Å². The zero-order valence-electron chi connectivity index (χ0n) is 13.1. The Balaban J connectivity index is 2.51. The smallest absolute Gasteiger partial charge is 0.127 e. The molecule has 0 amide bonds. The molecule has 1 fully saturated rings. The van der Waals surface area contributed by atoms with Crippen molar-refractivity contribution in [1.29, 1.82) is 0 Å². The molecule has 7 nitrogen and oxygen atoms in total. The first kappa shape index (κ1) is 18.8. The number of aliphatic hydroxyl groups excluding tert-OH is 3. The second kappa shape index (κ2) is 12.3. The van der Waals surface area contributed by atoms with Crippen LogP contribution in [0.4, 0.5) is 0 Å². The van der Waals surface area contributed by atoms with E-state index in [0.717, 1.165) is 72.1 Å². The number of quaternary nitrogens is 3. The predicted octanol–water partition coefficient (Wildman–Crippen LogP) is -6.35. The van der Waals surface area contributed by atoms with Gasteiger partial charge in [0.05, 0.1) is 33.0 Å². The summed E-state index contributed by atoms with van der Waals surface area (Å²) in [6, 6.07) is 0. The first-order chi connectivity index (χ1) is 10.3. The molecule has 0 aromatic carbocycles. The maximum Gasteiger partial charge on any atom is 0.127 e. The standard InChI is InChI=1S/C14H31N3O4/c18-10-5-15-1-3-16(6-11-19)8-13-21-14-9-17(4-2-15)7-12-20/h18-20H,1-14H2/p+3. The lowest BCUT2D eigenvalue weighted by Gasteiger charge is -2.26. The molecule has 2 unspecified atom stereocenters. The van der Waals surface area contributed by atoms with Crippen molar-refractivity contribution >= 4 is 0 Å². The van der Waals surface area contributed by atoms with Gasteiger partial charge in [-0.15, -0.1) is 0 Å². The number of ether oxygens (including phenoxy) is 1. The molecule has 0 radical (unpaired) electrons. The van der Waals surface area contributed by atoms with E-state index < -0.39 is 0 Å². The molecule has 126 valence electrons. The molecule has 6 N–H and O–H groups in total. The summed E-state index contributed by atoms with van der Waals surface area (Å²) in [5.74, 6) is 0. The topological polar surface area (TPSA) is 83.2 Å². The van der Waals surface area contributed by atoms with Gasteiger partial charge in [-0.2, -0.15) is 0 Å². The molecule has 1 rings (SSSR count). The van der Waals surface area contributed by atoms with Gasteiger partial charge in [0, 0.05) is 0 Å². The lowest BCUT2D eigenvalue weighted by atomic mass is 10.3. The van der Waals surface area contributed by atoms with E-state index in [-0.39, 0.29) is 19.8 Å². The van der Waals surface area contributed by atoms with Crippen LogP contribution in [0.1, 0.15) is 0 Å². The van der Waals surface area contributed by atoms with Gasteiger partial charge in [0.15, 0.2) is 0 Å². The van der Waals surface area contributed by atoms with Crippen LogP contribution in [0.25, 0.3) is 0 Å². The summed E-state index contributed by atoms with van der Waals surface area (Å²) >= 11 is 0. The molecule has 1 heterocycles. The molecule has 1 saturated heterocycles. The van der Waals surface area contributed by atoms with Gasteiger partial charge in [-0.3, -0.25) is 0 Å². The highest BCUT2D eigenvalue weighted by Gasteiger charge is 2.18. The average Bonchev–Trinajstić information content (AvgIpc) is 2.47. The van der Waals surface area contributed by atoms with Gasteiger partial charge in [0.1, 0.15) is 58.9 Å². The molecule has 21 heavy (non-hydrogen) atoms. The molecule has 1 aliphatic rings. The van der Waals surface area contributed by atoms with E-state index in [1.165, 1.54) is 14.7 Å². The van der Waals surface area contributed by atoms with Gasteiger partial charge in [-0.05, 0) is 0 Å². The number of nitrogens with one attached hydrogen (secondary N) is 3. The summed E-state index contributed by atoms with van der Waals surface area (Å²) in [7, 11) is 0. The van der Waals surface area contributed by atoms with Gasteiger partial charge >= 0.3 is 0 Å². The van der Waals surface area contributed by atoms with Crippen molar-refractivity contribution in [3.05, 3.63) is 0 Å². The third-order valence-corrected chi connectivity index (χ3v) is 4.26. The van der Waals surface area contributed by atoms with E-state index in [4.69, 9.17) is 14.9 Å². The normalized spacial score (nSPS) is 29.6. The van der Waals surface area contributed by atoms with E-state index >= 15 is 0 Å². The second-order valence-electron chi connectivity index (χ2n) is 5.78. The fraction of sp³-hybridized carbons (Fsp3) is 1.00. The molecule has 7 heteroatoms. The maximum absolute atomic E-state index is 9.21. The van der Waals surface area contributed by atoms with Crippen LogP contribution >= 0.6 is 0 Å². The molecule has 0 aromatic rings. The highest BCUT2D eigenvalue weighted by molar-refractivity contribution is 4.39. The average molecular weight is 308 g/mol. The summed E-state index contributed by atoms with van der Waals surface area (Å²) in [5, 5.41) is 27.5. The molecular weight excluding hydrogens is 274 g/mol. The number of hydrogen-bond donors (Lipinski definition) is 6. The van der Waals surface area contributed by atoms with E-state index in [0.29, 0.717) is 0 Å². The SMILES string of the molecule is OCC[NH+]1CCOCC[NH+](CCO)CC[NH+](CCO)CC1. The zero-order valence-corrected chi connectivity index (χ0v) is 13.1. The molecular formula is C14H34N3O4+3. The van der Waals surface area contributed by atoms with Gasteiger partial charge in [0.2, 0.25) is 0 Å². The summed E-state index contributed by atoms with van der Waals surface area (Å²) < 4.78 is 5.68. The minimum Gasteiger partial charge on any atom is -0.391 e. The molecule has 2 atom stereocenters. The van der Waals surface area contributed by atoms with Crippen molar-refractivity contribution in [3.63, 3.8) is 0 Å². The Morgan fingerprint density at radius 3 is 1.24 bits per heavy atom. The van der Waals surface area contributed by atoms with Crippen LogP contribution in [0.2, 0.25) is 0 Å². The largest absolute Gasteiger partial charge is 0.391 e. The Morgan fingerprint density at radius 2 is 0.905 bits per heavy atom. The quantitative estimate of drug-likeness (QED) is 0.295. The van der Waals surface area contributed by atoms with E-state index in [2.05, 4.69) is 0 Å². The Hall–Kier alpha value is -0.280. The van der Waals surface area contributed by atoms with Crippen molar-refractivity contribution in [2.24, 2.45) is 0 Å². The van der Waals surface area contributed by atoms with Crippen LogP contribution in [0, 0.1) is 0 Å². The highest BCUT2D eigenvalue weighted by Crippen LogP contribution is 1.70. The summed E-state index contributed by atoms with van der Waals surface area (Å²) in [4.78, 5) is 4.14. The van der Waals surface area contributed by atoms with Gasteiger partial charge in [-0.1, -0.05) is 0 Å². The predicted molar refractivity (Wildman–Crippen MR) is 78.8 cm³/mol. The van der Waals surface area contributed by atoms with Gasteiger partial charge in [-0.25, -0.2) is 0 Å². The molecule has 0 spiro atoms. The third-order valence-electron chi connectivity index (χ3n) is 4.26. The molecule has 0 aromatic heterocycles. The number of aliphatic hydroxyl groups is 3. The Bertz CT molecular complexity index is 226. The van der Waals surface area contributed by atoms with E-state index in [9.17, 15) is 5.11 Å². The lowest BCUT2D eigenvalue weighted by Crippen LogP contribution is -3.24. The first-order valence-corrected chi connectivity index (χ1v) is 8.21. The minimum atomic E-state index is 0.207. The van der Waals surface area contributed by atoms with Crippen molar-refractivity contribution in [1.82, 2.24) is 0 Å². The second-order valence-corrected chi connectivity index (χ2v) is 5.78. The molecule has 1 aliphatic heterocycles. The monoisotopic (exact) mass is 308 g/mol. The van der Waals surface area contributed by atoms with Crippen LogP contribution < -0.4 is 14.7 Å². The fourth-order valence-corrected chi connectivity index (χ4v) is 2.84. The summed E-state index contributed by atoms with van der Waals surface area (Å²) in [5.41, 5.74) is 0. The summed E-state index contributed by atoms with van der Waals surface area (Å²) in [6.07, 6.45) is 0. The Labute approximate surface area is 127 Å². The van der Waals surface area contributed by atoms with Crippen LogP contribution in [0.5, 0.6) is 0 Å². The first-order valence-electron chi connectivity index (χ1n) is 8.21. The van der Waals surface area contributed by atoms with Crippen molar-refractivity contribution in [3.8, 4) is 0 Å². The highest BCUT2D eigenvalue weighted by atomic mass is 16.5. The zero-order chi connectivity index (χ0) is 15.3. The summed E-state index contributed by atoms with van der Waals surface area (Å²) in [6.45, 7) is 10.2. The van der Waals surface area contributed by atoms with E-state index in [1.54, 1.807) is 0 Å². The van der Waals surface area contributed by atoms with Crippen LogP contribution in [-0.4, -0.2) is 107 Å². The fourth-order valence-electron chi connectivity index (χ4n) is 2.84.